The van der Waals surface area contributed by atoms with Crippen LogP contribution in [0, 0.1) is 13.8 Å². The Morgan fingerprint density at radius 3 is 2.29 bits per heavy atom. The monoisotopic (exact) mass is 495 g/mol. The van der Waals surface area contributed by atoms with Crippen LogP contribution in [0.25, 0.3) is 11.5 Å². The molecule has 35 heavy (non-hydrogen) atoms. The Hall–Kier alpha value is -2.97. The van der Waals surface area contributed by atoms with Gasteiger partial charge in [-0.05, 0) is 76.2 Å². The first-order valence-corrected chi connectivity index (χ1v) is 13.8. The van der Waals surface area contributed by atoms with Crippen LogP contribution in [0.2, 0.25) is 0 Å². The number of carbonyl (C=O) groups is 1. The van der Waals surface area contributed by atoms with Gasteiger partial charge in [0.25, 0.3) is 5.91 Å². The molecule has 0 spiro atoms. The first-order chi connectivity index (χ1) is 16.8. The predicted molar refractivity (Wildman–Crippen MR) is 136 cm³/mol. The number of aromatic nitrogens is 1. The molecule has 0 bridgehead atoms. The highest BCUT2D eigenvalue weighted by Crippen LogP contribution is 2.25. The molecule has 0 unspecified atom stereocenters. The Kier molecular flexibility index (Phi) is 8.03. The van der Waals surface area contributed by atoms with Crippen LogP contribution < -0.4 is 5.32 Å². The van der Waals surface area contributed by atoms with Crippen molar-refractivity contribution < 1.29 is 17.6 Å². The molecule has 2 heterocycles. The van der Waals surface area contributed by atoms with Crippen LogP contribution in [0.1, 0.15) is 53.1 Å². The lowest BCUT2D eigenvalue weighted by Crippen LogP contribution is -2.35. The minimum absolute atomic E-state index is 0.111. The molecule has 1 saturated heterocycles. The Balaban J connectivity index is 1.37. The normalized spacial score (nSPS) is 15.0. The number of hydrogen-bond donors (Lipinski definition) is 1. The largest absolute Gasteiger partial charge is 0.441 e. The number of amides is 1. The molecule has 8 heteroatoms. The molecule has 186 valence electrons. The summed E-state index contributed by atoms with van der Waals surface area (Å²) in [5.74, 6) is 0.457. The summed E-state index contributed by atoms with van der Waals surface area (Å²) in [5, 5.41) is 3.00. The Morgan fingerprint density at radius 1 is 0.971 bits per heavy atom. The number of carbonyl (C=O) groups excluding carboxylic acids is 1. The van der Waals surface area contributed by atoms with Crippen molar-refractivity contribution in [2.45, 2.75) is 50.2 Å². The van der Waals surface area contributed by atoms with Crippen molar-refractivity contribution in [2.24, 2.45) is 0 Å². The maximum Gasteiger partial charge on any atom is 0.251 e. The number of benzene rings is 2. The second kappa shape index (κ2) is 11.2. The highest BCUT2D eigenvalue weighted by molar-refractivity contribution is 7.90. The number of rotatable bonds is 8. The fourth-order valence-corrected chi connectivity index (χ4v) is 5.59. The third kappa shape index (κ3) is 6.58. The molecule has 1 N–H and O–H groups in total. The molecule has 7 nitrogen and oxygen atoms in total. The van der Waals surface area contributed by atoms with E-state index in [2.05, 4.69) is 15.2 Å². The van der Waals surface area contributed by atoms with Gasteiger partial charge in [-0.3, -0.25) is 4.79 Å². The van der Waals surface area contributed by atoms with E-state index in [0.29, 0.717) is 35.0 Å². The van der Waals surface area contributed by atoms with Gasteiger partial charge in [-0.1, -0.05) is 30.5 Å². The van der Waals surface area contributed by atoms with Crippen LogP contribution in [0.5, 0.6) is 0 Å². The Bertz CT molecular complexity index is 1240. The highest BCUT2D eigenvalue weighted by Gasteiger charge is 2.21. The maximum absolute atomic E-state index is 12.8. The second-order valence-electron chi connectivity index (χ2n) is 9.18. The second-order valence-corrected chi connectivity index (χ2v) is 11.2. The molecular weight excluding hydrogens is 462 g/mol. The summed E-state index contributed by atoms with van der Waals surface area (Å²) in [6, 6.07) is 13.8. The SMILES string of the molecule is Cc1ccc(S(=O)(=O)Cc2nc(-c3ccc(C(=O)NCCN4CCCCCC4)cc3)oc2C)cc1. The molecule has 0 saturated carbocycles. The van der Waals surface area contributed by atoms with Crippen molar-refractivity contribution in [1.82, 2.24) is 15.2 Å². The lowest BCUT2D eigenvalue weighted by molar-refractivity contribution is 0.0948. The van der Waals surface area contributed by atoms with Crippen molar-refractivity contribution >= 4 is 15.7 Å². The van der Waals surface area contributed by atoms with Crippen LogP contribution in [0.3, 0.4) is 0 Å². The predicted octanol–water partition coefficient (Wildman–Crippen LogP) is 4.54. The van der Waals surface area contributed by atoms with Gasteiger partial charge in [0.05, 0.1) is 10.6 Å². The third-order valence-corrected chi connectivity index (χ3v) is 8.05. The molecule has 0 atom stereocenters. The van der Waals surface area contributed by atoms with Crippen molar-refractivity contribution in [3.8, 4) is 11.5 Å². The lowest BCUT2D eigenvalue weighted by Gasteiger charge is -2.19. The molecule has 4 rings (SSSR count). The zero-order chi connectivity index (χ0) is 24.8. The highest BCUT2D eigenvalue weighted by atomic mass is 32.2. The van der Waals surface area contributed by atoms with E-state index in [1.807, 2.05) is 6.92 Å². The number of nitrogens with one attached hydrogen (secondary N) is 1. The van der Waals surface area contributed by atoms with E-state index in [1.165, 1.54) is 25.7 Å². The number of nitrogens with zero attached hydrogens (tertiary/aromatic N) is 2. The van der Waals surface area contributed by atoms with Gasteiger partial charge in [-0.2, -0.15) is 0 Å². The topological polar surface area (TPSA) is 92.5 Å². The third-order valence-electron chi connectivity index (χ3n) is 6.41. The maximum atomic E-state index is 12.8. The average Bonchev–Trinajstić information content (AvgIpc) is 3.03. The van der Waals surface area contributed by atoms with Gasteiger partial charge in [-0.25, -0.2) is 13.4 Å². The van der Waals surface area contributed by atoms with Gasteiger partial charge in [0, 0.05) is 24.2 Å². The molecule has 1 fully saturated rings. The molecule has 2 aromatic carbocycles. The van der Waals surface area contributed by atoms with E-state index < -0.39 is 9.84 Å². The van der Waals surface area contributed by atoms with Gasteiger partial charge in [0.1, 0.15) is 11.5 Å². The molecule has 1 aliphatic heterocycles. The van der Waals surface area contributed by atoms with Gasteiger partial charge in [0.2, 0.25) is 5.89 Å². The quantitative estimate of drug-likeness (QED) is 0.493. The summed E-state index contributed by atoms with van der Waals surface area (Å²) in [6.45, 7) is 7.33. The van der Waals surface area contributed by atoms with Crippen molar-refractivity contribution in [3.63, 3.8) is 0 Å². The van der Waals surface area contributed by atoms with Crippen LogP contribution >= 0.6 is 0 Å². The van der Waals surface area contributed by atoms with Crippen molar-refractivity contribution in [2.75, 3.05) is 26.2 Å². The fraction of sp³-hybridized carbons (Fsp3) is 0.407. The van der Waals surface area contributed by atoms with Crippen LogP contribution in [-0.4, -0.2) is 50.4 Å². The van der Waals surface area contributed by atoms with Crippen molar-refractivity contribution in [3.05, 3.63) is 71.1 Å². The molecule has 1 amide bonds. The number of aryl methyl sites for hydroxylation is 2. The minimum Gasteiger partial charge on any atom is -0.441 e. The summed E-state index contributed by atoms with van der Waals surface area (Å²) < 4.78 is 31.4. The van der Waals surface area contributed by atoms with Crippen LogP contribution in [0.15, 0.2) is 57.8 Å². The molecule has 1 aromatic heterocycles. The first kappa shape index (κ1) is 25.1. The Morgan fingerprint density at radius 2 is 1.63 bits per heavy atom. The summed E-state index contributed by atoms with van der Waals surface area (Å²) in [7, 11) is -3.54. The number of oxazole rings is 1. The van der Waals surface area contributed by atoms with Crippen LogP contribution in [0.4, 0.5) is 0 Å². The van der Waals surface area contributed by atoms with Gasteiger partial charge < -0.3 is 14.6 Å². The molecule has 1 aliphatic rings. The van der Waals surface area contributed by atoms with Crippen molar-refractivity contribution in [1.29, 1.82) is 0 Å². The minimum atomic E-state index is -3.54. The summed E-state index contributed by atoms with van der Waals surface area (Å²) in [4.78, 5) is 19.7. The molecule has 0 radical (unpaired) electrons. The van der Waals surface area contributed by atoms with E-state index in [9.17, 15) is 13.2 Å². The number of hydrogen-bond acceptors (Lipinski definition) is 6. The summed E-state index contributed by atoms with van der Waals surface area (Å²) in [6.07, 6.45) is 5.05. The summed E-state index contributed by atoms with van der Waals surface area (Å²) in [5.41, 5.74) is 2.64. The van der Waals surface area contributed by atoms with Gasteiger partial charge in [-0.15, -0.1) is 0 Å². The molecule has 0 aliphatic carbocycles. The number of sulfone groups is 1. The van der Waals surface area contributed by atoms with E-state index in [-0.39, 0.29) is 16.6 Å². The van der Waals surface area contributed by atoms with E-state index in [4.69, 9.17) is 4.42 Å². The molecular formula is C27H33N3O4S. The Labute approximate surface area is 207 Å². The first-order valence-electron chi connectivity index (χ1n) is 12.2. The zero-order valence-electron chi connectivity index (χ0n) is 20.4. The smallest absolute Gasteiger partial charge is 0.251 e. The summed E-state index contributed by atoms with van der Waals surface area (Å²) >= 11 is 0. The van der Waals surface area contributed by atoms with Crippen LogP contribution in [-0.2, 0) is 15.6 Å². The lowest BCUT2D eigenvalue weighted by atomic mass is 10.1. The van der Waals surface area contributed by atoms with E-state index >= 15 is 0 Å². The van der Waals surface area contributed by atoms with E-state index in [0.717, 1.165) is 25.2 Å². The van der Waals surface area contributed by atoms with Gasteiger partial charge >= 0.3 is 0 Å². The standard InChI is InChI=1S/C27H33N3O4S/c1-20-7-13-24(14-8-20)35(32,33)19-25-21(2)34-27(29-25)23-11-9-22(10-12-23)26(31)28-15-18-30-16-5-3-4-6-17-30/h7-14H,3-6,15-19H2,1-2H3,(H,28,31). The zero-order valence-corrected chi connectivity index (χ0v) is 21.2. The van der Waals surface area contributed by atoms with Gasteiger partial charge in [0.15, 0.2) is 9.84 Å². The average molecular weight is 496 g/mol. The fourth-order valence-electron chi connectivity index (χ4n) is 4.25. The van der Waals surface area contributed by atoms with E-state index in [1.54, 1.807) is 55.5 Å². The number of likely N-dealkylation sites (tertiary alicyclic amines) is 1. The molecule has 3 aromatic rings.